The molecule has 0 radical (unpaired) electrons. The van der Waals surface area contributed by atoms with E-state index in [1.807, 2.05) is 36.4 Å². The Hall–Kier alpha value is -0.740. The molecule has 0 atom stereocenters. The maximum absolute atomic E-state index is 8.29. The quantitative estimate of drug-likeness (QED) is 0.652. The standard InChI is InChI=1S/2C7H8.Na.O2S.H/c2*1-7-5-3-2-4-6-7;;1-3-2;/h2*2-6H,1H3;;;/q;;+1;;-1. The van der Waals surface area contributed by atoms with Crippen LogP contribution in [0.2, 0.25) is 0 Å². The fraction of sp³-hybridized carbons (Fsp3) is 0.143. The van der Waals surface area contributed by atoms with Crippen LogP contribution < -0.4 is 29.6 Å². The van der Waals surface area contributed by atoms with Crippen LogP contribution in [0.5, 0.6) is 0 Å². The molecule has 0 fully saturated rings. The molecule has 0 aliphatic heterocycles. The van der Waals surface area contributed by atoms with Gasteiger partial charge < -0.3 is 1.43 Å². The van der Waals surface area contributed by atoms with Gasteiger partial charge in [-0.3, -0.25) is 0 Å². The average Bonchev–Trinajstić information content (AvgIpc) is 2.33. The van der Waals surface area contributed by atoms with Crippen LogP contribution >= 0.6 is 0 Å². The Morgan fingerprint density at radius 1 is 0.722 bits per heavy atom. The van der Waals surface area contributed by atoms with Crippen molar-refractivity contribution in [3.8, 4) is 0 Å². The molecule has 0 aromatic heterocycles. The fourth-order valence-electron chi connectivity index (χ4n) is 1.07. The largest absolute Gasteiger partial charge is 1.00 e. The molecule has 2 aromatic carbocycles. The molecule has 0 heterocycles. The van der Waals surface area contributed by atoms with Gasteiger partial charge in [0.1, 0.15) is 0 Å². The summed E-state index contributed by atoms with van der Waals surface area (Å²) in [6.07, 6.45) is 0. The molecule has 0 saturated carbocycles. The third kappa shape index (κ3) is 13.3. The first-order valence-electron chi connectivity index (χ1n) is 5.15. The Bertz CT molecular complexity index is 394. The molecule has 4 heteroatoms. The van der Waals surface area contributed by atoms with E-state index in [1.165, 1.54) is 11.1 Å². The van der Waals surface area contributed by atoms with Gasteiger partial charge in [-0.1, -0.05) is 71.8 Å². The van der Waals surface area contributed by atoms with Crippen LogP contribution in [0.1, 0.15) is 12.6 Å². The molecule has 0 aliphatic carbocycles. The SMILES string of the molecule is Cc1ccccc1.Cc1ccccc1.O=S=O.[H-].[Na+]. The smallest absolute Gasteiger partial charge is 1.00 e. The zero-order valence-corrected chi connectivity index (χ0v) is 13.8. The van der Waals surface area contributed by atoms with Crippen molar-refractivity contribution in [2.45, 2.75) is 13.8 Å². The molecular formula is C14H17NaO2S. The van der Waals surface area contributed by atoms with Crippen molar-refractivity contribution in [3.05, 3.63) is 71.8 Å². The summed E-state index contributed by atoms with van der Waals surface area (Å²) in [4.78, 5) is 0. The van der Waals surface area contributed by atoms with E-state index >= 15 is 0 Å². The number of hydrogen-bond donors (Lipinski definition) is 0. The van der Waals surface area contributed by atoms with Crippen molar-refractivity contribution in [1.29, 1.82) is 0 Å². The average molecular weight is 272 g/mol. The van der Waals surface area contributed by atoms with E-state index in [1.54, 1.807) is 0 Å². The Morgan fingerprint density at radius 2 is 0.944 bits per heavy atom. The molecular weight excluding hydrogens is 255 g/mol. The van der Waals surface area contributed by atoms with E-state index in [2.05, 4.69) is 38.1 Å². The third-order valence-electron chi connectivity index (χ3n) is 1.88. The molecule has 0 spiro atoms. The summed E-state index contributed by atoms with van der Waals surface area (Å²) in [5, 5.41) is 0. The first kappa shape index (κ1) is 19.6. The summed E-state index contributed by atoms with van der Waals surface area (Å²) in [6.45, 7) is 4.17. The molecule has 2 aromatic rings. The molecule has 2 nitrogen and oxygen atoms in total. The number of aryl methyl sites for hydroxylation is 2. The van der Waals surface area contributed by atoms with Crippen molar-refractivity contribution >= 4 is 11.6 Å². The van der Waals surface area contributed by atoms with Gasteiger partial charge in [-0.05, 0) is 13.8 Å². The van der Waals surface area contributed by atoms with Crippen molar-refractivity contribution < 1.29 is 39.4 Å². The van der Waals surface area contributed by atoms with Crippen molar-refractivity contribution in [2.24, 2.45) is 0 Å². The third-order valence-corrected chi connectivity index (χ3v) is 1.88. The molecule has 0 N–H and O–H groups in total. The van der Waals surface area contributed by atoms with Crippen molar-refractivity contribution in [1.82, 2.24) is 0 Å². The molecule has 0 saturated heterocycles. The predicted octanol–water partition coefficient (Wildman–Crippen LogP) is 0.436. The van der Waals surface area contributed by atoms with Crippen LogP contribution in [0.25, 0.3) is 0 Å². The number of hydrogen-bond acceptors (Lipinski definition) is 2. The van der Waals surface area contributed by atoms with Crippen molar-refractivity contribution in [3.63, 3.8) is 0 Å². The molecule has 0 unspecified atom stereocenters. The summed E-state index contributed by atoms with van der Waals surface area (Å²) in [5.74, 6) is 0. The van der Waals surface area contributed by atoms with Crippen LogP contribution in [0, 0.1) is 13.8 Å². The van der Waals surface area contributed by atoms with Gasteiger partial charge in [0.15, 0.2) is 0 Å². The van der Waals surface area contributed by atoms with Gasteiger partial charge >= 0.3 is 41.1 Å². The van der Waals surface area contributed by atoms with Crippen LogP contribution in [0.15, 0.2) is 60.7 Å². The maximum atomic E-state index is 8.29. The van der Waals surface area contributed by atoms with Gasteiger partial charge in [0.2, 0.25) is 0 Å². The van der Waals surface area contributed by atoms with E-state index in [-0.39, 0.29) is 31.0 Å². The minimum atomic E-state index is -0.750. The van der Waals surface area contributed by atoms with E-state index in [4.69, 9.17) is 8.42 Å². The first-order valence-corrected chi connectivity index (χ1v) is 5.82. The second kappa shape index (κ2) is 14.3. The first-order chi connectivity index (χ1) is 8.20. The van der Waals surface area contributed by atoms with Gasteiger partial charge in [0.05, 0.1) is 0 Å². The van der Waals surface area contributed by atoms with Crippen LogP contribution in [-0.4, -0.2) is 8.42 Å². The normalized spacial score (nSPS) is 7.44. The Balaban J connectivity index is -0.000000207. The molecule has 18 heavy (non-hydrogen) atoms. The second-order valence-electron chi connectivity index (χ2n) is 3.38. The van der Waals surface area contributed by atoms with Gasteiger partial charge in [-0.15, -0.1) is 0 Å². The van der Waals surface area contributed by atoms with E-state index < -0.39 is 11.6 Å². The summed E-state index contributed by atoms with van der Waals surface area (Å²) in [7, 11) is 0. The molecule has 0 aliphatic rings. The van der Waals surface area contributed by atoms with E-state index in [0.29, 0.717) is 0 Å². The zero-order valence-electron chi connectivity index (χ0n) is 12.0. The monoisotopic (exact) mass is 272 g/mol. The van der Waals surface area contributed by atoms with Gasteiger partial charge in [0, 0.05) is 0 Å². The van der Waals surface area contributed by atoms with Crippen molar-refractivity contribution in [2.75, 3.05) is 0 Å². The summed E-state index contributed by atoms with van der Waals surface area (Å²) < 4.78 is 16.6. The fourth-order valence-corrected chi connectivity index (χ4v) is 1.07. The number of rotatable bonds is 0. The minimum Gasteiger partial charge on any atom is -1.00 e. The van der Waals surface area contributed by atoms with Gasteiger partial charge in [-0.25, -0.2) is 0 Å². The Kier molecular flexibility index (Phi) is 15.6. The van der Waals surface area contributed by atoms with Crippen LogP contribution in [0.4, 0.5) is 0 Å². The molecule has 0 amide bonds. The van der Waals surface area contributed by atoms with E-state index in [0.717, 1.165) is 0 Å². The van der Waals surface area contributed by atoms with Gasteiger partial charge in [-0.2, -0.15) is 8.42 Å². The topological polar surface area (TPSA) is 34.1 Å². The predicted molar refractivity (Wildman–Crippen MR) is 72.4 cm³/mol. The maximum Gasteiger partial charge on any atom is 1.00 e. The zero-order chi connectivity index (χ0) is 12.9. The summed E-state index contributed by atoms with van der Waals surface area (Å²) in [5.41, 5.74) is 2.64. The Labute approximate surface area is 136 Å². The summed E-state index contributed by atoms with van der Waals surface area (Å²) >= 11 is -0.750. The second-order valence-corrected chi connectivity index (χ2v) is 3.51. The molecule has 92 valence electrons. The number of benzene rings is 2. The summed E-state index contributed by atoms with van der Waals surface area (Å²) in [6, 6.07) is 20.5. The Morgan fingerprint density at radius 3 is 1.06 bits per heavy atom. The van der Waals surface area contributed by atoms with Crippen LogP contribution in [-0.2, 0) is 11.6 Å². The molecule has 2 rings (SSSR count). The van der Waals surface area contributed by atoms with E-state index in [9.17, 15) is 0 Å². The van der Waals surface area contributed by atoms with Crippen LogP contribution in [0.3, 0.4) is 0 Å². The van der Waals surface area contributed by atoms with Gasteiger partial charge in [0.25, 0.3) is 0 Å². The minimum absolute atomic E-state index is 0. The molecule has 0 bridgehead atoms.